The average molecular weight is 390 g/mol. The van der Waals surface area contributed by atoms with Gasteiger partial charge in [0.15, 0.2) is 0 Å². The lowest BCUT2D eigenvalue weighted by molar-refractivity contribution is 0.0600. The molecule has 0 atom stereocenters. The number of hydrogen-bond donors (Lipinski definition) is 1. The molecule has 0 amide bonds. The third kappa shape index (κ3) is 4.65. The van der Waals surface area contributed by atoms with Gasteiger partial charge in [0, 0.05) is 25.3 Å². The van der Waals surface area contributed by atoms with Crippen LogP contribution < -0.4 is 5.32 Å². The predicted octanol–water partition coefficient (Wildman–Crippen LogP) is 2.11. The Kier molecular flexibility index (Phi) is 6.10. The van der Waals surface area contributed by atoms with E-state index in [1.165, 1.54) is 11.4 Å². The van der Waals surface area contributed by atoms with E-state index in [0.29, 0.717) is 44.1 Å². The first kappa shape index (κ1) is 19.3. The molecule has 27 heavy (non-hydrogen) atoms. The van der Waals surface area contributed by atoms with Crippen molar-refractivity contribution < 1.29 is 22.7 Å². The van der Waals surface area contributed by atoms with Crippen LogP contribution in [0.15, 0.2) is 53.4 Å². The molecular weight excluding hydrogens is 368 g/mol. The standard InChI is InChI=1S/C19H22N2O5S/c1-25-19(22)16-5-2-4-15(12-16)14-20-17-6-3-7-18(13-17)27(23,24)21-8-10-26-11-9-21/h2-7,12-13,20H,8-11,14H2,1H3. The third-order valence-corrected chi connectivity index (χ3v) is 6.18. The molecule has 1 aliphatic heterocycles. The summed E-state index contributed by atoms with van der Waals surface area (Å²) in [5.41, 5.74) is 2.05. The molecule has 1 saturated heterocycles. The average Bonchev–Trinajstić information content (AvgIpc) is 2.72. The van der Waals surface area contributed by atoms with E-state index >= 15 is 0 Å². The van der Waals surface area contributed by atoms with Crippen molar-refractivity contribution in [2.24, 2.45) is 0 Å². The van der Waals surface area contributed by atoms with Gasteiger partial charge in [-0.1, -0.05) is 18.2 Å². The van der Waals surface area contributed by atoms with Gasteiger partial charge in [-0.15, -0.1) is 0 Å². The summed E-state index contributed by atoms with van der Waals surface area (Å²) in [4.78, 5) is 11.9. The molecule has 2 aromatic carbocycles. The molecule has 0 aliphatic carbocycles. The van der Waals surface area contributed by atoms with E-state index in [9.17, 15) is 13.2 Å². The van der Waals surface area contributed by atoms with Gasteiger partial charge >= 0.3 is 5.97 Å². The van der Waals surface area contributed by atoms with Crippen molar-refractivity contribution in [2.45, 2.75) is 11.4 Å². The topological polar surface area (TPSA) is 84.9 Å². The number of anilines is 1. The second-order valence-electron chi connectivity index (χ2n) is 6.09. The molecule has 1 N–H and O–H groups in total. The highest BCUT2D eigenvalue weighted by Gasteiger charge is 2.26. The molecule has 7 nitrogen and oxygen atoms in total. The minimum absolute atomic E-state index is 0.248. The first-order valence-electron chi connectivity index (χ1n) is 8.60. The number of hydrogen-bond acceptors (Lipinski definition) is 6. The number of nitrogens with one attached hydrogen (secondary N) is 1. The van der Waals surface area contributed by atoms with Crippen molar-refractivity contribution in [3.63, 3.8) is 0 Å². The van der Waals surface area contributed by atoms with Gasteiger partial charge in [0.25, 0.3) is 0 Å². The largest absolute Gasteiger partial charge is 0.465 e. The fourth-order valence-electron chi connectivity index (χ4n) is 2.83. The monoisotopic (exact) mass is 390 g/mol. The van der Waals surface area contributed by atoms with Gasteiger partial charge in [-0.2, -0.15) is 4.31 Å². The quantitative estimate of drug-likeness (QED) is 0.761. The molecule has 0 bridgehead atoms. The normalized spacial score (nSPS) is 15.3. The Morgan fingerprint density at radius 1 is 1.15 bits per heavy atom. The molecule has 0 aromatic heterocycles. The number of rotatable bonds is 6. The maximum absolute atomic E-state index is 12.8. The Morgan fingerprint density at radius 3 is 2.63 bits per heavy atom. The smallest absolute Gasteiger partial charge is 0.337 e. The predicted molar refractivity (Wildman–Crippen MR) is 101 cm³/mol. The molecule has 144 valence electrons. The van der Waals surface area contributed by atoms with Crippen LogP contribution in [-0.4, -0.2) is 52.1 Å². The van der Waals surface area contributed by atoms with E-state index in [1.54, 1.807) is 36.4 Å². The first-order chi connectivity index (χ1) is 13.0. The fraction of sp³-hybridized carbons (Fsp3) is 0.316. The van der Waals surface area contributed by atoms with Crippen molar-refractivity contribution in [1.82, 2.24) is 4.31 Å². The van der Waals surface area contributed by atoms with E-state index < -0.39 is 16.0 Å². The Hall–Kier alpha value is -2.42. The van der Waals surface area contributed by atoms with Crippen LogP contribution in [0.4, 0.5) is 5.69 Å². The van der Waals surface area contributed by atoms with Crippen LogP contribution in [0, 0.1) is 0 Å². The minimum Gasteiger partial charge on any atom is -0.465 e. The highest BCUT2D eigenvalue weighted by atomic mass is 32.2. The van der Waals surface area contributed by atoms with E-state index in [1.807, 2.05) is 12.1 Å². The second-order valence-corrected chi connectivity index (χ2v) is 8.03. The number of sulfonamides is 1. The first-order valence-corrected chi connectivity index (χ1v) is 10.0. The summed E-state index contributed by atoms with van der Waals surface area (Å²) in [6, 6.07) is 13.8. The van der Waals surface area contributed by atoms with Gasteiger partial charge in [-0.05, 0) is 35.9 Å². The lowest BCUT2D eigenvalue weighted by Gasteiger charge is -2.26. The SMILES string of the molecule is COC(=O)c1cccc(CNc2cccc(S(=O)(=O)N3CCOCC3)c2)c1. The Balaban J connectivity index is 1.72. The molecule has 8 heteroatoms. The minimum atomic E-state index is -3.54. The number of morpholine rings is 1. The van der Waals surface area contributed by atoms with Gasteiger partial charge in [0.05, 0.1) is 30.8 Å². The maximum Gasteiger partial charge on any atom is 0.337 e. The van der Waals surface area contributed by atoms with Crippen LogP contribution in [0.2, 0.25) is 0 Å². The lowest BCUT2D eigenvalue weighted by Crippen LogP contribution is -2.40. The van der Waals surface area contributed by atoms with Crippen LogP contribution in [-0.2, 0) is 26.0 Å². The zero-order chi connectivity index (χ0) is 19.3. The van der Waals surface area contributed by atoms with Crippen molar-refractivity contribution in [3.05, 3.63) is 59.7 Å². The van der Waals surface area contributed by atoms with Gasteiger partial charge in [0.1, 0.15) is 0 Å². The number of carbonyl (C=O) groups is 1. The van der Waals surface area contributed by atoms with Crippen LogP contribution in [0.5, 0.6) is 0 Å². The molecule has 2 aromatic rings. The number of esters is 1. The summed E-state index contributed by atoms with van der Waals surface area (Å²) >= 11 is 0. The summed E-state index contributed by atoms with van der Waals surface area (Å²) in [5.74, 6) is -0.393. The Labute approximate surface area is 158 Å². The number of ether oxygens (including phenoxy) is 2. The molecule has 3 rings (SSSR count). The third-order valence-electron chi connectivity index (χ3n) is 4.29. The van der Waals surface area contributed by atoms with Crippen molar-refractivity contribution >= 4 is 21.7 Å². The lowest BCUT2D eigenvalue weighted by atomic mass is 10.1. The van der Waals surface area contributed by atoms with Gasteiger partial charge in [-0.25, -0.2) is 13.2 Å². The molecule has 1 aliphatic rings. The zero-order valence-corrected chi connectivity index (χ0v) is 15.9. The summed E-state index contributed by atoms with van der Waals surface area (Å²) in [6.45, 7) is 1.99. The van der Waals surface area contributed by atoms with Gasteiger partial charge < -0.3 is 14.8 Å². The molecule has 1 heterocycles. The fourth-order valence-corrected chi connectivity index (χ4v) is 4.29. The van der Waals surface area contributed by atoms with Crippen molar-refractivity contribution in [3.8, 4) is 0 Å². The van der Waals surface area contributed by atoms with E-state index in [2.05, 4.69) is 5.32 Å². The summed E-state index contributed by atoms with van der Waals surface area (Å²) < 4.78 is 36.9. The van der Waals surface area contributed by atoms with Gasteiger partial charge in [0.2, 0.25) is 10.0 Å². The van der Waals surface area contributed by atoms with Crippen molar-refractivity contribution in [1.29, 1.82) is 0 Å². The number of benzene rings is 2. The van der Waals surface area contributed by atoms with Gasteiger partial charge in [-0.3, -0.25) is 0 Å². The molecule has 0 saturated carbocycles. The highest BCUT2D eigenvalue weighted by molar-refractivity contribution is 7.89. The van der Waals surface area contributed by atoms with E-state index in [-0.39, 0.29) is 4.90 Å². The molecule has 0 spiro atoms. The van der Waals surface area contributed by atoms with E-state index in [0.717, 1.165) is 5.56 Å². The second kappa shape index (κ2) is 8.51. The summed E-state index contributed by atoms with van der Waals surface area (Å²) in [7, 11) is -2.20. The number of nitrogens with zero attached hydrogens (tertiary/aromatic N) is 1. The van der Waals surface area contributed by atoms with Crippen LogP contribution in [0.25, 0.3) is 0 Å². The Bertz CT molecular complexity index is 908. The van der Waals surface area contributed by atoms with Crippen LogP contribution >= 0.6 is 0 Å². The molecular formula is C19H22N2O5S. The highest BCUT2D eigenvalue weighted by Crippen LogP contribution is 2.21. The van der Waals surface area contributed by atoms with Crippen LogP contribution in [0.1, 0.15) is 15.9 Å². The Morgan fingerprint density at radius 2 is 1.89 bits per heavy atom. The van der Waals surface area contributed by atoms with Crippen LogP contribution in [0.3, 0.4) is 0 Å². The summed E-state index contributed by atoms with van der Waals surface area (Å²) in [5, 5.41) is 3.20. The molecule has 0 radical (unpaired) electrons. The number of methoxy groups -OCH3 is 1. The van der Waals surface area contributed by atoms with Crippen molar-refractivity contribution in [2.75, 3.05) is 38.7 Å². The maximum atomic E-state index is 12.8. The van der Waals surface area contributed by atoms with E-state index in [4.69, 9.17) is 9.47 Å². The zero-order valence-electron chi connectivity index (χ0n) is 15.1. The molecule has 1 fully saturated rings. The summed E-state index contributed by atoms with van der Waals surface area (Å²) in [6.07, 6.45) is 0. The molecule has 0 unspecified atom stereocenters. The number of carbonyl (C=O) groups excluding carboxylic acids is 1.